The van der Waals surface area contributed by atoms with Gasteiger partial charge in [0.15, 0.2) is 0 Å². The van der Waals surface area contributed by atoms with Gasteiger partial charge in [0, 0.05) is 4.83 Å². The van der Waals surface area contributed by atoms with Crippen LogP contribution in [0.3, 0.4) is 0 Å². The molecule has 0 aliphatic rings. The minimum absolute atomic E-state index is 0.201. The second-order valence-electron chi connectivity index (χ2n) is 3.50. The summed E-state index contributed by atoms with van der Waals surface area (Å²) in [6, 6.07) is 4.65. The molecule has 15 heavy (non-hydrogen) atoms. The van der Waals surface area contributed by atoms with Gasteiger partial charge in [0.1, 0.15) is 11.6 Å². The zero-order chi connectivity index (χ0) is 11.3. The van der Waals surface area contributed by atoms with E-state index < -0.39 is 0 Å². The van der Waals surface area contributed by atoms with Gasteiger partial charge in [-0.15, -0.1) is 0 Å². The minimum Gasteiger partial charge on any atom is -0.496 e. The SMILES string of the molecule is CCC(Br)CCc1cc(F)ccc1OC. The van der Waals surface area contributed by atoms with Gasteiger partial charge in [0.25, 0.3) is 0 Å². The fraction of sp³-hybridized carbons (Fsp3) is 0.500. The van der Waals surface area contributed by atoms with Gasteiger partial charge in [-0.2, -0.15) is 0 Å². The van der Waals surface area contributed by atoms with Crippen molar-refractivity contribution in [2.75, 3.05) is 7.11 Å². The Hall–Kier alpha value is -0.570. The maximum atomic E-state index is 13.0. The van der Waals surface area contributed by atoms with E-state index in [1.54, 1.807) is 19.2 Å². The topological polar surface area (TPSA) is 9.23 Å². The number of alkyl halides is 1. The molecule has 0 aromatic heterocycles. The second-order valence-corrected chi connectivity index (χ2v) is 4.80. The molecule has 1 nitrogen and oxygen atoms in total. The Balaban J connectivity index is 2.69. The monoisotopic (exact) mass is 274 g/mol. The highest BCUT2D eigenvalue weighted by molar-refractivity contribution is 9.09. The molecule has 0 amide bonds. The summed E-state index contributed by atoms with van der Waals surface area (Å²) in [5, 5.41) is 0. The van der Waals surface area contributed by atoms with E-state index >= 15 is 0 Å². The lowest BCUT2D eigenvalue weighted by molar-refractivity contribution is 0.407. The second kappa shape index (κ2) is 6.11. The van der Waals surface area contributed by atoms with Crippen LogP contribution in [0.25, 0.3) is 0 Å². The van der Waals surface area contributed by atoms with E-state index in [9.17, 15) is 4.39 Å². The van der Waals surface area contributed by atoms with Crippen molar-refractivity contribution in [1.29, 1.82) is 0 Å². The van der Waals surface area contributed by atoms with E-state index in [1.807, 2.05) is 0 Å². The van der Waals surface area contributed by atoms with Crippen LogP contribution in [0.5, 0.6) is 5.75 Å². The fourth-order valence-electron chi connectivity index (χ4n) is 1.46. The molecule has 0 radical (unpaired) electrons. The van der Waals surface area contributed by atoms with Crippen molar-refractivity contribution in [3.63, 3.8) is 0 Å². The van der Waals surface area contributed by atoms with Crippen molar-refractivity contribution in [2.24, 2.45) is 0 Å². The first kappa shape index (κ1) is 12.5. The summed E-state index contributed by atoms with van der Waals surface area (Å²) in [7, 11) is 1.61. The molecule has 0 bridgehead atoms. The van der Waals surface area contributed by atoms with Crippen LogP contribution >= 0.6 is 15.9 Å². The number of benzene rings is 1. The summed E-state index contributed by atoms with van der Waals surface area (Å²) in [5.74, 6) is 0.570. The Morgan fingerprint density at radius 1 is 1.47 bits per heavy atom. The highest BCUT2D eigenvalue weighted by Crippen LogP contribution is 2.23. The van der Waals surface area contributed by atoms with Crippen LogP contribution in [0, 0.1) is 5.82 Å². The third-order valence-electron chi connectivity index (χ3n) is 2.41. The molecule has 1 rings (SSSR count). The zero-order valence-corrected chi connectivity index (χ0v) is 10.7. The lowest BCUT2D eigenvalue weighted by atomic mass is 10.1. The Kier molecular flexibility index (Phi) is 5.09. The van der Waals surface area contributed by atoms with Crippen LogP contribution < -0.4 is 4.74 Å². The minimum atomic E-state index is -0.201. The van der Waals surface area contributed by atoms with Gasteiger partial charge in [-0.1, -0.05) is 22.9 Å². The molecule has 0 aliphatic carbocycles. The summed E-state index contributed by atoms with van der Waals surface area (Å²) in [6.45, 7) is 2.13. The molecule has 0 saturated heterocycles. The standard InChI is InChI=1S/C12H16BrFO/c1-3-10(13)5-4-9-8-11(14)6-7-12(9)15-2/h6-8,10H,3-5H2,1-2H3. The maximum Gasteiger partial charge on any atom is 0.123 e. The first-order chi connectivity index (χ1) is 7.17. The molecule has 0 spiro atoms. The first-order valence-corrected chi connectivity index (χ1v) is 6.05. The average molecular weight is 275 g/mol. The molecule has 1 unspecified atom stereocenters. The summed E-state index contributed by atoms with van der Waals surface area (Å²) < 4.78 is 18.2. The van der Waals surface area contributed by atoms with Gasteiger partial charge in [-0.05, 0) is 43.0 Å². The Morgan fingerprint density at radius 3 is 2.80 bits per heavy atom. The summed E-state index contributed by atoms with van der Waals surface area (Å²) in [4.78, 5) is 0.491. The van der Waals surface area contributed by atoms with E-state index in [4.69, 9.17) is 4.74 Å². The van der Waals surface area contributed by atoms with Gasteiger partial charge in [-0.25, -0.2) is 4.39 Å². The third-order valence-corrected chi connectivity index (χ3v) is 3.52. The van der Waals surface area contributed by atoms with Crippen molar-refractivity contribution in [3.05, 3.63) is 29.6 Å². The van der Waals surface area contributed by atoms with Gasteiger partial charge in [-0.3, -0.25) is 0 Å². The predicted octanol–water partition coefficient (Wildman–Crippen LogP) is 3.94. The van der Waals surface area contributed by atoms with Crippen LogP contribution in [-0.4, -0.2) is 11.9 Å². The molecule has 84 valence electrons. The van der Waals surface area contributed by atoms with Gasteiger partial charge in [0.2, 0.25) is 0 Å². The van der Waals surface area contributed by atoms with Crippen molar-refractivity contribution in [1.82, 2.24) is 0 Å². The molecular weight excluding hydrogens is 259 g/mol. The summed E-state index contributed by atoms with van der Waals surface area (Å²) >= 11 is 3.56. The molecule has 0 fully saturated rings. The van der Waals surface area contributed by atoms with Gasteiger partial charge in [0.05, 0.1) is 7.11 Å². The normalized spacial score (nSPS) is 12.5. The van der Waals surface area contributed by atoms with E-state index in [-0.39, 0.29) is 5.82 Å². The van der Waals surface area contributed by atoms with E-state index in [2.05, 4.69) is 22.9 Å². The number of hydrogen-bond acceptors (Lipinski definition) is 1. The van der Waals surface area contributed by atoms with E-state index in [0.29, 0.717) is 4.83 Å². The quantitative estimate of drug-likeness (QED) is 0.739. The van der Waals surface area contributed by atoms with Crippen LogP contribution in [0.1, 0.15) is 25.3 Å². The van der Waals surface area contributed by atoms with Crippen LogP contribution in [0.15, 0.2) is 18.2 Å². The Bertz CT molecular complexity index is 314. The van der Waals surface area contributed by atoms with Crippen LogP contribution in [-0.2, 0) is 6.42 Å². The fourth-order valence-corrected chi connectivity index (χ4v) is 1.69. The van der Waals surface area contributed by atoms with Crippen LogP contribution in [0.4, 0.5) is 4.39 Å². The number of methoxy groups -OCH3 is 1. The molecule has 1 aromatic carbocycles. The van der Waals surface area contributed by atoms with Crippen molar-refractivity contribution < 1.29 is 9.13 Å². The maximum absolute atomic E-state index is 13.0. The Labute approximate surface area is 98.8 Å². The molecule has 0 saturated carbocycles. The lowest BCUT2D eigenvalue weighted by Crippen LogP contribution is -2.00. The zero-order valence-electron chi connectivity index (χ0n) is 9.09. The van der Waals surface area contributed by atoms with E-state index in [0.717, 1.165) is 30.6 Å². The molecule has 0 N–H and O–H groups in total. The molecular formula is C12H16BrFO. The number of halogens is 2. The highest BCUT2D eigenvalue weighted by atomic mass is 79.9. The average Bonchev–Trinajstić information content (AvgIpc) is 2.26. The van der Waals surface area contributed by atoms with Crippen molar-refractivity contribution in [2.45, 2.75) is 31.0 Å². The molecule has 0 aliphatic heterocycles. The first-order valence-electron chi connectivity index (χ1n) is 5.13. The highest BCUT2D eigenvalue weighted by Gasteiger charge is 2.07. The van der Waals surface area contributed by atoms with Crippen molar-refractivity contribution >= 4 is 15.9 Å². The molecule has 3 heteroatoms. The smallest absolute Gasteiger partial charge is 0.123 e. The number of rotatable bonds is 5. The van der Waals surface area contributed by atoms with Crippen molar-refractivity contribution in [3.8, 4) is 5.75 Å². The summed E-state index contributed by atoms with van der Waals surface area (Å²) in [6.07, 6.45) is 2.92. The molecule has 1 atom stereocenters. The third kappa shape index (κ3) is 3.82. The molecule has 1 aromatic rings. The number of hydrogen-bond donors (Lipinski definition) is 0. The lowest BCUT2D eigenvalue weighted by Gasteiger charge is -2.10. The molecule has 0 heterocycles. The Morgan fingerprint density at radius 2 is 2.20 bits per heavy atom. The van der Waals surface area contributed by atoms with Gasteiger partial charge < -0.3 is 4.74 Å². The number of ether oxygens (including phenoxy) is 1. The van der Waals surface area contributed by atoms with Gasteiger partial charge >= 0.3 is 0 Å². The largest absolute Gasteiger partial charge is 0.496 e. The van der Waals surface area contributed by atoms with E-state index in [1.165, 1.54) is 6.07 Å². The number of aryl methyl sites for hydroxylation is 1. The van der Waals surface area contributed by atoms with Crippen LogP contribution in [0.2, 0.25) is 0 Å². The predicted molar refractivity (Wildman–Crippen MR) is 64.3 cm³/mol. The summed E-state index contributed by atoms with van der Waals surface area (Å²) in [5.41, 5.74) is 0.940.